The van der Waals surface area contributed by atoms with Gasteiger partial charge in [0.25, 0.3) is 0 Å². The molecule has 0 aliphatic carbocycles. The van der Waals surface area contributed by atoms with Crippen molar-refractivity contribution in [2.24, 2.45) is 0 Å². The fourth-order valence-electron chi connectivity index (χ4n) is 1.47. The maximum Gasteiger partial charge on any atom is 0.0843 e. The van der Waals surface area contributed by atoms with Crippen LogP contribution in [0.2, 0.25) is 0 Å². The van der Waals surface area contributed by atoms with E-state index in [0.29, 0.717) is 6.04 Å². The van der Waals surface area contributed by atoms with Crippen molar-refractivity contribution < 1.29 is 0 Å². The molecular formula is C12H15Br2NS. The number of thiophene rings is 1. The third-order valence-electron chi connectivity index (χ3n) is 2.19. The highest BCUT2D eigenvalue weighted by Gasteiger charge is 2.14. The van der Waals surface area contributed by atoms with Gasteiger partial charge in [-0.25, -0.2) is 0 Å². The largest absolute Gasteiger partial charge is 0.309 e. The second-order valence-electron chi connectivity index (χ2n) is 3.35. The van der Waals surface area contributed by atoms with E-state index in [0.717, 1.165) is 27.6 Å². The Labute approximate surface area is 118 Å². The molecule has 0 saturated carbocycles. The summed E-state index contributed by atoms with van der Waals surface area (Å²) in [6.07, 6.45) is 2.01. The zero-order valence-electron chi connectivity index (χ0n) is 9.44. The van der Waals surface area contributed by atoms with Gasteiger partial charge >= 0.3 is 0 Å². The molecule has 1 aromatic heterocycles. The maximum absolute atomic E-state index is 3.53. The smallest absolute Gasteiger partial charge is 0.0843 e. The Morgan fingerprint density at radius 2 is 2.25 bits per heavy atom. The van der Waals surface area contributed by atoms with E-state index < -0.39 is 0 Å². The van der Waals surface area contributed by atoms with Crippen LogP contribution < -0.4 is 5.32 Å². The van der Waals surface area contributed by atoms with E-state index in [2.05, 4.69) is 62.0 Å². The Balaban J connectivity index is 2.70. The second-order valence-corrected chi connectivity index (χ2v) is 6.60. The van der Waals surface area contributed by atoms with Crippen molar-refractivity contribution in [2.75, 3.05) is 6.54 Å². The van der Waals surface area contributed by atoms with Crippen molar-refractivity contribution in [1.82, 2.24) is 5.32 Å². The van der Waals surface area contributed by atoms with Crippen LogP contribution in [-0.2, 0) is 0 Å². The molecule has 0 aromatic carbocycles. The predicted molar refractivity (Wildman–Crippen MR) is 78.8 cm³/mol. The molecule has 4 heteroatoms. The first kappa shape index (κ1) is 14.2. The minimum absolute atomic E-state index is 0.415. The quantitative estimate of drug-likeness (QED) is 0.745. The molecule has 0 radical (unpaired) electrons. The Bertz CT molecular complexity index is 370. The van der Waals surface area contributed by atoms with Gasteiger partial charge in [0.2, 0.25) is 0 Å². The summed E-state index contributed by atoms with van der Waals surface area (Å²) in [6.45, 7) is 5.01. The van der Waals surface area contributed by atoms with Gasteiger partial charge in [-0.1, -0.05) is 6.92 Å². The van der Waals surface area contributed by atoms with Crippen molar-refractivity contribution in [3.63, 3.8) is 0 Å². The van der Waals surface area contributed by atoms with E-state index in [4.69, 9.17) is 0 Å². The van der Waals surface area contributed by atoms with Crippen molar-refractivity contribution >= 4 is 43.2 Å². The van der Waals surface area contributed by atoms with Gasteiger partial charge < -0.3 is 5.32 Å². The number of rotatable bonds is 5. The van der Waals surface area contributed by atoms with Crippen LogP contribution in [0.1, 0.15) is 37.6 Å². The highest BCUT2D eigenvalue weighted by molar-refractivity contribution is 9.13. The minimum Gasteiger partial charge on any atom is -0.309 e. The normalized spacial score (nSPS) is 12.0. The lowest BCUT2D eigenvalue weighted by molar-refractivity contribution is 0.530. The van der Waals surface area contributed by atoms with E-state index in [1.807, 2.05) is 6.92 Å². The van der Waals surface area contributed by atoms with Gasteiger partial charge in [-0.2, -0.15) is 0 Å². The molecule has 16 heavy (non-hydrogen) atoms. The minimum atomic E-state index is 0.415. The standard InChI is InChI=1S/C12H15Br2NS/c1-3-5-6-7-10(15-4-2)11-8-9(13)12(14)16-11/h8,10,15H,4,6-7H2,1-2H3. The lowest BCUT2D eigenvalue weighted by atomic mass is 10.1. The first-order valence-corrected chi connectivity index (χ1v) is 7.67. The summed E-state index contributed by atoms with van der Waals surface area (Å²) in [7, 11) is 0. The molecule has 0 aliphatic rings. The average molecular weight is 365 g/mol. The van der Waals surface area contributed by atoms with Gasteiger partial charge in [-0.15, -0.1) is 23.2 Å². The maximum atomic E-state index is 3.53. The van der Waals surface area contributed by atoms with Gasteiger partial charge in [-0.3, -0.25) is 0 Å². The van der Waals surface area contributed by atoms with Gasteiger partial charge in [-0.05, 0) is 57.8 Å². The van der Waals surface area contributed by atoms with Crippen molar-refractivity contribution in [1.29, 1.82) is 0 Å². The molecule has 0 saturated heterocycles. The molecule has 88 valence electrons. The SMILES string of the molecule is CC#CCCC(NCC)c1cc(Br)c(Br)s1. The van der Waals surface area contributed by atoms with Gasteiger partial charge in [0, 0.05) is 21.8 Å². The molecule has 0 fully saturated rings. The van der Waals surface area contributed by atoms with E-state index in [1.54, 1.807) is 11.3 Å². The van der Waals surface area contributed by atoms with E-state index in [1.165, 1.54) is 4.88 Å². The Kier molecular flexibility index (Phi) is 6.67. The summed E-state index contributed by atoms with van der Waals surface area (Å²) < 4.78 is 2.30. The molecule has 0 spiro atoms. The molecule has 1 N–H and O–H groups in total. The zero-order chi connectivity index (χ0) is 12.0. The zero-order valence-corrected chi connectivity index (χ0v) is 13.4. The molecular weight excluding hydrogens is 350 g/mol. The summed E-state index contributed by atoms with van der Waals surface area (Å²) in [4.78, 5) is 1.36. The summed E-state index contributed by atoms with van der Waals surface area (Å²) in [6, 6.07) is 2.60. The van der Waals surface area contributed by atoms with E-state index in [-0.39, 0.29) is 0 Å². The highest BCUT2D eigenvalue weighted by atomic mass is 79.9. The molecule has 1 heterocycles. The average Bonchev–Trinajstić information content (AvgIpc) is 2.58. The molecule has 0 bridgehead atoms. The second kappa shape index (κ2) is 7.50. The van der Waals surface area contributed by atoms with Gasteiger partial charge in [0.15, 0.2) is 0 Å². The number of halogens is 2. The van der Waals surface area contributed by atoms with Crippen molar-refractivity contribution in [3.05, 3.63) is 19.2 Å². The van der Waals surface area contributed by atoms with Crippen LogP contribution in [0.3, 0.4) is 0 Å². The van der Waals surface area contributed by atoms with Crippen LogP contribution in [0.5, 0.6) is 0 Å². The molecule has 1 aromatic rings. The van der Waals surface area contributed by atoms with Crippen molar-refractivity contribution in [2.45, 2.75) is 32.7 Å². The molecule has 0 amide bonds. The van der Waals surface area contributed by atoms with E-state index >= 15 is 0 Å². The van der Waals surface area contributed by atoms with Crippen LogP contribution in [0.25, 0.3) is 0 Å². The topological polar surface area (TPSA) is 12.0 Å². The molecule has 1 atom stereocenters. The summed E-state index contributed by atoms with van der Waals surface area (Å²) in [5.41, 5.74) is 0. The molecule has 1 unspecified atom stereocenters. The molecule has 1 rings (SSSR count). The Hall–Kier alpha value is 0.180. The predicted octanol–water partition coefficient (Wildman–Crippen LogP) is 4.73. The Morgan fingerprint density at radius 3 is 2.75 bits per heavy atom. The van der Waals surface area contributed by atoms with Crippen LogP contribution >= 0.6 is 43.2 Å². The third kappa shape index (κ3) is 4.21. The first-order chi connectivity index (χ1) is 7.69. The Morgan fingerprint density at radius 1 is 1.50 bits per heavy atom. The lowest BCUT2D eigenvalue weighted by Crippen LogP contribution is -2.19. The van der Waals surface area contributed by atoms with Gasteiger partial charge in [0.1, 0.15) is 0 Å². The van der Waals surface area contributed by atoms with Crippen molar-refractivity contribution in [3.8, 4) is 11.8 Å². The highest BCUT2D eigenvalue weighted by Crippen LogP contribution is 2.36. The molecule has 1 nitrogen and oxygen atoms in total. The number of hydrogen-bond donors (Lipinski definition) is 1. The number of hydrogen-bond acceptors (Lipinski definition) is 2. The van der Waals surface area contributed by atoms with Crippen LogP contribution in [-0.4, -0.2) is 6.54 Å². The third-order valence-corrected chi connectivity index (χ3v) is 5.56. The lowest BCUT2D eigenvalue weighted by Gasteiger charge is -2.14. The van der Waals surface area contributed by atoms with Crippen LogP contribution in [0.4, 0.5) is 0 Å². The summed E-state index contributed by atoms with van der Waals surface area (Å²) in [5, 5.41) is 3.50. The van der Waals surface area contributed by atoms with Crippen LogP contribution in [0.15, 0.2) is 14.3 Å². The molecule has 0 aliphatic heterocycles. The van der Waals surface area contributed by atoms with E-state index in [9.17, 15) is 0 Å². The van der Waals surface area contributed by atoms with Crippen LogP contribution in [0, 0.1) is 11.8 Å². The summed E-state index contributed by atoms with van der Waals surface area (Å²) in [5.74, 6) is 6.06. The number of nitrogens with one attached hydrogen (secondary N) is 1. The first-order valence-electron chi connectivity index (χ1n) is 5.26. The fourth-order valence-corrected chi connectivity index (χ4v) is 3.67. The summed E-state index contributed by atoms with van der Waals surface area (Å²) >= 11 is 8.84. The monoisotopic (exact) mass is 363 g/mol. The van der Waals surface area contributed by atoms with Gasteiger partial charge in [0.05, 0.1) is 3.79 Å². The fraction of sp³-hybridized carbons (Fsp3) is 0.500.